The highest BCUT2D eigenvalue weighted by Gasteiger charge is 2.37. The van der Waals surface area contributed by atoms with Crippen LogP contribution in [0, 0.1) is 5.41 Å². The fourth-order valence-corrected chi connectivity index (χ4v) is 7.62. The first-order valence-electron chi connectivity index (χ1n) is 11.3. The maximum Gasteiger partial charge on any atom is 0.312 e. The largest absolute Gasteiger partial charge is 0.465 e. The zero-order valence-electron chi connectivity index (χ0n) is 19.6. The average Bonchev–Trinajstić information content (AvgIpc) is 2.85. The fourth-order valence-electron chi connectivity index (χ4n) is 4.28. The highest BCUT2D eigenvalue weighted by atomic mass is 32.2. The molecule has 3 nitrogen and oxygen atoms in total. The first kappa shape index (κ1) is 25.3. The van der Waals surface area contributed by atoms with Crippen molar-refractivity contribution in [3.05, 3.63) is 96.6 Å². The summed E-state index contributed by atoms with van der Waals surface area (Å²) in [7, 11) is -2.91. The van der Waals surface area contributed by atoms with E-state index in [4.69, 9.17) is 4.74 Å². The molecule has 3 aromatic rings. The Morgan fingerprint density at radius 2 is 1.39 bits per heavy atom. The molecule has 0 amide bonds. The third kappa shape index (κ3) is 6.40. The second kappa shape index (κ2) is 11.7. The molecule has 174 valence electrons. The van der Waals surface area contributed by atoms with Crippen molar-refractivity contribution in [1.29, 1.82) is 0 Å². The Kier molecular flexibility index (Phi) is 9.00. The van der Waals surface area contributed by atoms with Crippen molar-refractivity contribution in [3.63, 3.8) is 0 Å². The van der Waals surface area contributed by atoms with Crippen LogP contribution < -0.4 is 10.6 Å². The van der Waals surface area contributed by atoms with Crippen LogP contribution in [0.15, 0.2) is 91.0 Å². The van der Waals surface area contributed by atoms with E-state index in [0.29, 0.717) is 12.2 Å². The van der Waals surface area contributed by atoms with Crippen molar-refractivity contribution in [2.75, 3.05) is 24.8 Å². The smallest absolute Gasteiger partial charge is 0.312 e. The van der Waals surface area contributed by atoms with Crippen molar-refractivity contribution in [2.45, 2.75) is 26.2 Å². The van der Waals surface area contributed by atoms with Crippen LogP contribution in [0.25, 0.3) is 0 Å². The van der Waals surface area contributed by atoms with Crippen LogP contribution in [0.4, 0.5) is 0 Å². The summed E-state index contributed by atoms with van der Waals surface area (Å²) in [4.78, 5) is 13.3. The van der Waals surface area contributed by atoms with Gasteiger partial charge in [-0.15, -0.1) is 0 Å². The van der Waals surface area contributed by atoms with Crippen LogP contribution in [0.3, 0.4) is 0 Å². The summed E-state index contributed by atoms with van der Waals surface area (Å²) in [5, 5.41) is 1.58. The van der Waals surface area contributed by atoms with Gasteiger partial charge in [0.2, 0.25) is 0 Å². The van der Waals surface area contributed by atoms with Crippen LogP contribution in [0.1, 0.15) is 31.7 Å². The van der Waals surface area contributed by atoms with Crippen LogP contribution in [-0.2, 0) is 14.1 Å². The molecule has 0 saturated heterocycles. The second-order valence-corrected chi connectivity index (χ2v) is 12.6. The summed E-state index contributed by atoms with van der Waals surface area (Å²) in [6, 6.07) is 29.3. The number of thioether (sulfide) groups is 1. The first-order valence-corrected chi connectivity index (χ1v) is 14.6. The summed E-state index contributed by atoms with van der Waals surface area (Å²) < 4.78 is 20.0. The Bertz CT molecular complexity index is 1010. The number of carbonyl (C=O) groups is 1. The molecular formula is C28H33O3PS. The average molecular weight is 481 g/mol. The van der Waals surface area contributed by atoms with E-state index < -0.39 is 12.6 Å². The SMILES string of the molecule is CSCC(C)(CC(C)c1ccccc1)C(=O)OCCP(=O)(c1ccccc1)c1ccccc1. The Hall–Kier alpha value is -2.29. The zero-order chi connectivity index (χ0) is 23.7. The third-order valence-corrected chi connectivity index (χ3v) is 10.1. The van der Waals surface area contributed by atoms with Gasteiger partial charge in [-0.25, -0.2) is 0 Å². The van der Waals surface area contributed by atoms with Gasteiger partial charge in [-0.05, 0) is 31.1 Å². The summed E-state index contributed by atoms with van der Waals surface area (Å²) >= 11 is 1.65. The van der Waals surface area contributed by atoms with Crippen molar-refractivity contribution >= 4 is 35.5 Å². The molecule has 0 radical (unpaired) electrons. The normalized spacial score (nSPS) is 14.3. The molecule has 0 spiro atoms. The maximum atomic E-state index is 14.1. The highest BCUT2D eigenvalue weighted by Crippen LogP contribution is 2.43. The van der Waals surface area contributed by atoms with E-state index in [1.165, 1.54) is 5.56 Å². The first-order chi connectivity index (χ1) is 15.9. The van der Waals surface area contributed by atoms with Gasteiger partial charge in [0, 0.05) is 22.5 Å². The molecule has 0 aromatic heterocycles. The number of benzene rings is 3. The summed E-state index contributed by atoms with van der Waals surface area (Å²) in [5.41, 5.74) is 0.605. The standard InChI is InChI=1S/C28H33O3PS/c1-23(24-13-7-4-8-14-24)21-28(2,22-33-3)27(29)31-19-20-32(30,25-15-9-5-10-16-25)26-17-11-6-12-18-26/h4-18,23H,19-22H2,1-3H3. The van der Waals surface area contributed by atoms with Crippen molar-refractivity contribution in [3.8, 4) is 0 Å². The second-order valence-electron chi connectivity index (χ2n) is 8.78. The molecule has 5 heteroatoms. The van der Waals surface area contributed by atoms with Crippen LogP contribution in [-0.4, -0.2) is 30.7 Å². The maximum absolute atomic E-state index is 14.1. The predicted octanol–water partition coefficient (Wildman–Crippen LogP) is 6.11. The van der Waals surface area contributed by atoms with E-state index in [1.807, 2.05) is 92.0 Å². The molecule has 33 heavy (non-hydrogen) atoms. The number of hydrogen-bond donors (Lipinski definition) is 0. The fraction of sp³-hybridized carbons (Fsp3) is 0.321. The van der Waals surface area contributed by atoms with Crippen molar-refractivity contribution < 1.29 is 14.1 Å². The van der Waals surface area contributed by atoms with Gasteiger partial charge in [0.25, 0.3) is 0 Å². The molecule has 2 atom stereocenters. The Labute approximate surface area is 202 Å². The Morgan fingerprint density at radius 3 is 1.88 bits per heavy atom. The number of ether oxygens (including phenoxy) is 1. The minimum Gasteiger partial charge on any atom is -0.465 e. The summed E-state index contributed by atoms with van der Waals surface area (Å²) in [6.07, 6.45) is 3.00. The number of hydrogen-bond acceptors (Lipinski definition) is 4. The molecule has 0 aliphatic rings. The molecule has 2 unspecified atom stereocenters. The molecule has 3 aromatic carbocycles. The van der Waals surface area contributed by atoms with E-state index in [0.717, 1.165) is 10.6 Å². The highest BCUT2D eigenvalue weighted by molar-refractivity contribution is 7.98. The van der Waals surface area contributed by atoms with Gasteiger partial charge in [0.15, 0.2) is 0 Å². The van der Waals surface area contributed by atoms with Crippen LogP contribution >= 0.6 is 18.9 Å². The molecule has 3 rings (SSSR count). The molecule has 0 aliphatic carbocycles. The molecule has 0 saturated carbocycles. The number of rotatable bonds is 11. The molecule has 0 N–H and O–H groups in total. The Balaban J connectivity index is 1.73. The molecule has 0 aliphatic heterocycles. The van der Waals surface area contributed by atoms with Gasteiger partial charge in [-0.3, -0.25) is 4.79 Å². The lowest BCUT2D eigenvalue weighted by atomic mass is 9.80. The van der Waals surface area contributed by atoms with E-state index >= 15 is 0 Å². The summed E-state index contributed by atoms with van der Waals surface area (Å²) in [5.74, 6) is 0.695. The van der Waals surface area contributed by atoms with Crippen LogP contribution in [0.2, 0.25) is 0 Å². The monoisotopic (exact) mass is 480 g/mol. The van der Waals surface area contributed by atoms with E-state index in [9.17, 15) is 9.36 Å². The third-order valence-electron chi connectivity index (χ3n) is 6.07. The Morgan fingerprint density at radius 1 is 0.909 bits per heavy atom. The van der Waals surface area contributed by atoms with E-state index in [2.05, 4.69) is 19.1 Å². The zero-order valence-corrected chi connectivity index (χ0v) is 21.4. The minimum atomic E-state index is -2.91. The van der Waals surface area contributed by atoms with E-state index in [-0.39, 0.29) is 24.7 Å². The topological polar surface area (TPSA) is 43.4 Å². The molecular weight excluding hydrogens is 447 g/mol. The lowest BCUT2D eigenvalue weighted by Gasteiger charge is -2.30. The van der Waals surface area contributed by atoms with Crippen molar-refractivity contribution in [2.24, 2.45) is 5.41 Å². The van der Waals surface area contributed by atoms with Gasteiger partial charge >= 0.3 is 5.97 Å². The van der Waals surface area contributed by atoms with Gasteiger partial charge in [0.1, 0.15) is 7.14 Å². The number of carbonyl (C=O) groups excluding carboxylic acids is 1. The van der Waals surface area contributed by atoms with Crippen molar-refractivity contribution in [1.82, 2.24) is 0 Å². The predicted molar refractivity (Wildman–Crippen MR) is 142 cm³/mol. The molecule has 0 bridgehead atoms. The van der Waals surface area contributed by atoms with E-state index in [1.54, 1.807) is 11.8 Å². The van der Waals surface area contributed by atoms with Gasteiger partial charge in [-0.2, -0.15) is 11.8 Å². The van der Waals surface area contributed by atoms with Gasteiger partial charge in [0.05, 0.1) is 12.0 Å². The van der Waals surface area contributed by atoms with Gasteiger partial charge < -0.3 is 9.30 Å². The van der Waals surface area contributed by atoms with Gasteiger partial charge in [-0.1, -0.05) is 97.9 Å². The molecule has 0 fully saturated rings. The van der Waals surface area contributed by atoms with Crippen LogP contribution in [0.5, 0.6) is 0 Å². The summed E-state index contributed by atoms with van der Waals surface area (Å²) in [6.45, 7) is 4.27. The number of esters is 1. The minimum absolute atomic E-state index is 0.129. The lowest BCUT2D eigenvalue weighted by molar-refractivity contribution is -0.153. The molecule has 0 heterocycles. The quantitative estimate of drug-likeness (QED) is 0.245. The lowest BCUT2D eigenvalue weighted by Crippen LogP contribution is -2.35.